The van der Waals surface area contributed by atoms with E-state index >= 15 is 0 Å². The second kappa shape index (κ2) is 11.6. The van der Waals surface area contributed by atoms with Gasteiger partial charge >= 0.3 is 5.97 Å². The predicted molar refractivity (Wildman–Crippen MR) is 130 cm³/mol. The molecule has 184 valence electrons. The van der Waals surface area contributed by atoms with Crippen molar-refractivity contribution in [3.05, 3.63) is 51.9 Å². The zero-order valence-corrected chi connectivity index (χ0v) is 20.5. The number of rotatable bonds is 9. The number of ether oxygens (including phenoxy) is 4. The zero-order valence-electron chi connectivity index (χ0n) is 19.0. The van der Waals surface area contributed by atoms with Gasteiger partial charge in [0.1, 0.15) is 12.3 Å². The van der Waals surface area contributed by atoms with Gasteiger partial charge in [-0.15, -0.1) is 0 Å². The number of hydrogen-bond donors (Lipinski definition) is 1. The van der Waals surface area contributed by atoms with Gasteiger partial charge in [-0.05, 0) is 59.8 Å². The monoisotopic (exact) mass is 520 g/mol. The second-order valence-electron chi connectivity index (χ2n) is 6.94. The minimum absolute atomic E-state index is 0.105. The van der Waals surface area contributed by atoms with Crippen molar-refractivity contribution >= 4 is 58.1 Å². The number of carbonyl (C=O) groups excluding carboxylic acids is 4. The van der Waals surface area contributed by atoms with Crippen LogP contribution in [0.5, 0.6) is 17.2 Å². The van der Waals surface area contributed by atoms with Crippen molar-refractivity contribution in [1.82, 2.24) is 4.90 Å². The van der Waals surface area contributed by atoms with Gasteiger partial charge in [0.2, 0.25) is 5.91 Å². The second-order valence-corrected chi connectivity index (χ2v) is 8.34. The van der Waals surface area contributed by atoms with Crippen LogP contribution in [0.25, 0.3) is 6.08 Å². The van der Waals surface area contributed by atoms with Gasteiger partial charge in [-0.3, -0.25) is 19.3 Å². The summed E-state index contributed by atoms with van der Waals surface area (Å²) in [4.78, 5) is 49.9. The van der Waals surface area contributed by atoms with E-state index in [0.29, 0.717) is 28.8 Å². The molecule has 1 aliphatic heterocycles. The lowest BCUT2D eigenvalue weighted by molar-refractivity contribution is -0.143. The van der Waals surface area contributed by atoms with Crippen LogP contribution in [0.15, 0.2) is 41.3 Å². The molecule has 1 aliphatic rings. The minimum atomic E-state index is -0.619. The van der Waals surface area contributed by atoms with E-state index in [2.05, 4.69) is 10.1 Å². The van der Waals surface area contributed by atoms with Crippen LogP contribution in [-0.2, 0) is 19.1 Å². The smallest absolute Gasteiger partial charge is 0.343 e. The molecule has 10 nitrogen and oxygen atoms in total. The number of halogens is 1. The highest BCUT2D eigenvalue weighted by molar-refractivity contribution is 8.18. The van der Waals surface area contributed by atoms with Crippen LogP contribution < -0.4 is 19.5 Å². The number of esters is 1. The normalized spacial score (nSPS) is 14.2. The van der Waals surface area contributed by atoms with Gasteiger partial charge in [0.05, 0.1) is 31.3 Å². The molecule has 2 aromatic carbocycles. The Balaban J connectivity index is 1.72. The lowest BCUT2D eigenvalue weighted by atomic mass is 10.1. The Kier molecular flexibility index (Phi) is 8.61. The molecule has 3 amide bonds. The Morgan fingerprint density at radius 2 is 1.80 bits per heavy atom. The number of benzene rings is 2. The van der Waals surface area contributed by atoms with Crippen LogP contribution in [0, 0.1) is 0 Å². The van der Waals surface area contributed by atoms with Crippen LogP contribution in [0.1, 0.15) is 5.56 Å². The molecule has 0 saturated carbocycles. The molecule has 12 heteroatoms. The van der Waals surface area contributed by atoms with E-state index in [-0.39, 0.29) is 28.0 Å². The number of imide groups is 1. The first-order valence-electron chi connectivity index (χ1n) is 10.0. The summed E-state index contributed by atoms with van der Waals surface area (Å²) in [6.45, 7) is -0.818. The van der Waals surface area contributed by atoms with E-state index < -0.39 is 29.6 Å². The van der Waals surface area contributed by atoms with E-state index in [4.69, 9.17) is 25.8 Å². The number of methoxy groups -OCH3 is 3. The van der Waals surface area contributed by atoms with Crippen molar-refractivity contribution in [2.24, 2.45) is 0 Å². The van der Waals surface area contributed by atoms with Crippen LogP contribution in [0.4, 0.5) is 10.5 Å². The molecular formula is C23H21ClN2O8S. The maximum absolute atomic E-state index is 12.8. The first-order valence-corrected chi connectivity index (χ1v) is 11.2. The van der Waals surface area contributed by atoms with Crippen LogP contribution >= 0.6 is 23.4 Å². The molecule has 3 rings (SSSR count). The quantitative estimate of drug-likeness (QED) is 0.390. The van der Waals surface area contributed by atoms with E-state index in [1.807, 2.05) is 0 Å². The number of amides is 3. The summed E-state index contributed by atoms with van der Waals surface area (Å²) in [6.07, 6.45) is 1.45. The largest absolute Gasteiger partial charge is 0.497 e. The summed E-state index contributed by atoms with van der Waals surface area (Å²) < 4.78 is 20.2. The van der Waals surface area contributed by atoms with Gasteiger partial charge < -0.3 is 24.3 Å². The molecule has 2 aromatic rings. The Hall–Kier alpha value is -3.70. The Bertz CT molecular complexity index is 1180. The SMILES string of the molecule is COC(=O)COc1c(Cl)cc(/C=C2/SC(=O)N(CC(=O)Nc3ccc(OC)cc3)C2=O)cc1OC. The maximum Gasteiger partial charge on any atom is 0.343 e. The molecule has 0 radical (unpaired) electrons. The minimum Gasteiger partial charge on any atom is -0.497 e. The van der Waals surface area contributed by atoms with Crippen LogP contribution in [0.3, 0.4) is 0 Å². The standard InChI is InChI=1S/C23H21ClN2O8S/c1-31-15-6-4-14(5-7-15)25-19(27)11-26-22(29)18(35-23(26)30)10-13-8-16(24)21(17(9-13)32-2)34-12-20(28)33-3/h4-10H,11-12H2,1-3H3,(H,25,27)/b18-10+. The molecule has 0 bridgehead atoms. The summed E-state index contributed by atoms with van der Waals surface area (Å²) in [5, 5.41) is 2.17. The van der Waals surface area contributed by atoms with E-state index in [1.165, 1.54) is 39.5 Å². The van der Waals surface area contributed by atoms with Crippen LogP contribution in [0.2, 0.25) is 5.02 Å². The number of nitrogens with one attached hydrogen (secondary N) is 1. The highest BCUT2D eigenvalue weighted by Crippen LogP contribution is 2.39. The summed E-state index contributed by atoms with van der Waals surface area (Å²) in [7, 11) is 4.14. The molecular weight excluding hydrogens is 500 g/mol. The average molecular weight is 521 g/mol. The first kappa shape index (κ1) is 25.9. The molecule has 1 saturated heterocycles. The summed E-state index contributed by atoms with van der Waals surface area (Å²) >= 11 is 6.96. The topological polar surface area (TPSA) is 120 Å². The number of hydrogen-bond acceptors (Lipinski definition) is 9. The van der Waals surface area contributed by atoms with Gasteiger partial charge in [0, 0.05) is 5.69 Å². The maximum atomic E-state index is 12.8. The van der Waals surface area contributed by atoms with Crippen molar-refractivity contribution in [3.63, 3.8) is 0 Å². The zero-order chi connectivity index (χ0) is 25.5. The Labute approximate surface area is 210 Å². The average Bonchev–Trinajstić information content (AvgIpc) is 3.10. The Morgan fingerprint density at radius 1 is 1.09 bits per heavy atom. The van der Waals surface area contributed by atoms with Crippen LogP contribution in [-0.4, -0.2) is 62.4 Å². The molecule has 35 heavy (non-hydrogen) atoms. The van der Waals surface area contributed by atoms with Gasteiger partial charge in [0.15, 0.2) is 18.1 Å². The fourth-order valence-electron chi connectivity index (χ4n) is 2.96. The third-order valence-corrected chi connectivity index (χ3v) is 5.85. The molecule has 0 unspecified atom stereocenters. The summed E-state index contributed by atoms with van der Waals surface area (Å²) in [5.74, 6) is -0.789. The number of anilines is 1. The lowest BCUT2D eigenvalue weighted by Crippen LogP contribution is -2.36. The molecule has 0 spiro atoms. The third kappa shape index (κ3) is 6.46. The summed E-state index contributed by atoms with van der Waals surface area (Å²) in [6, 6.07) is 9.64. The Morgan fingerprint density at radius 3 is 2.43 bits per heavy atom. The number of carbonyl (C=O) groups is 4. The van der Waals surface area contributed by atoms with Crippen molar-refractivity contribution in [3.8, 4) is 17.2 Å². The van der Waals surface area contributed by atoms with Crippen molar-refractivity contribution in [2.75, 3.05) is 39.8 Å². The first-order chi connectivity index (χ1) is 16.7. The molecule has 0 aromatic heterocycles. The van der Waals surface area contributed by atoms with Gasteiger partial charge in [-0.25, -0.2) is 4.79 Å². The van der Waals surface area contributed by atoms with Gasteiger partial charge in [-0.1, -0.05) is 11.6 Å². The number of thioether (sulfide) groups is 1. The van der Waals surface area contributed by atoms with E-state index in [9.17, 15) is 19.2 Å². The van der Waals surface area contributed by atoms with Gasteiger partial charge in [0.25, 0.3) is 11.1 Å². The molecule has 0 aliphatic carbocycles. The fraction of sp³-hybridized carbons (Fsp3) is 0.217. The lowest BCUT2D eigenvalue weighted by Gasteiger charge is -2.13. The highest BCUT2D eigenvalue weighted by atomic mass is 35.5. The highest BCUT2D eigenvalue weighted by Gasteiger charge is 2.36. The predicted octanol–water partition coefficient (Wildman–Crippen LogP) is 3.58. The van der Waals surface area contributed by atoms with Gasteiger partial charge in [-0.2, -0.15) is 0 Å². The van der Waals surface area contributed by atoms with Crippen molar-refractivity contribution < 1.29 is 38.1 Å². The molecule has 1 fully saturated rings. The molecule has 0 atom stereocenters. The number of nitrogens with zero attached hydrogens (tertiary/aromatic N) is 1. The van der Waals surface area contributed by atoms with E-state index in [0.717, 1.165) is 4.90 Å². The van der Waals surface area contributed by atoms with Crippen molar-refractivity contribution in [2.45, 2.75) is 0 Å². The molecule has 1 N–H and O–H groups in total. The third-order valence-electron chi connectivity index (χ3n) is 4.66. The van der Waals surface area contributed by atoms with E-state index in [1.54, 1.807) is 24.3 Å². The fourth-order valence-corrected chi connectivity index (χ4v) is 4.07. The van der Waals surface area contributed by atoms with Crippen molar-refractivity contribution in [1.29, 1.82) is 0 Å². The summed E-state index contributed by atoms with van der Waals surface area (Å²) in [5.41, 5.74) is 0.944. The molecule has 1 heterocycles.